The fourth-order valence-corrected chi connectivity index (χ4v) is 6.83. The van der Waals surface area contributed by atoms with Crippen molar-refractivity contribution < 1.29 is 39.2 Å². The number of aliphatic hydroxyl groups excluding tert-OH is 2. The van der Waals surface area contributed by atoms with Crippen LogP contribution in [0.15, 0.2) is 59.1 Å². The fraction of sp³-hybridized carbons (Fsp3) is 0.387. The van der Waals surface area contributed by atoms with Crippen molar-refractivity contribution in [1.29, 1.82) is 0 Å². The lowest BCUT2D eigenvalue weighted by Crippen LogP contribution is -2.63. The van der Waals surface area contributed by atoms with Crippen molar-refractivity contribution in [1.82, 2.24) is 9.80 Å². The van der Waals surface area contributed by atoms with Gasteiger partial charge in [0.25, 0.3) is 5.91 Å². The van der Waals surface area contributed by atoms with E-state index in [4.69, 9.17) is 5.73 Å². The SMILES string of the molecule is CCN(Cc1ccccc1)Cc1cc(O)c2c(c1F)C[C@H]1C[C@H]3[C@H](N(C)C)C(O)=C(C(N)=O)C(=O)[C@@]3(O)C(O)=C1C2=O. The summed E-state index contributed by atoms with van der Waals surface area (Å²) in [6, 6.07) is 9.73. The van der Waals surface area contributed by atoms with Crippen LogP contribution in [0, 0.1) is 17.7 Å². The van der Waals surface area contributed by atoms with Gasteiger partial charge in [0.1, 0.15) is 28.7 Å². The van der Waals surface area contributed by atoms with Gasteiger partial charge < -0.3 is 26.2 Å². The topological polar surface area (TPSA) is 165 Å². The molecule has 0 bridgehead atoms. The van der Waals surface area contributed by atoms with Crippen LogP contribution in [-0.4, -0.2) is 80.0 Å². The molecule has 6 N–H and O–H groups in total. The highest BCUT2D eigenvalue weighted by Gasteiger charge is 2.63. The number of carbonyl (C=O) groups excluding carboxylic acids is 3. The zero-order chi connectivity index (χ0) is 30.7. The van der Waals surface area contributed by atoms with Gasteiger partial charge in [-0.2, -0.15) is 0 Å². The summed E-state index contributed by atoms with van der Waals surface area (Å²) in [5.41, 5.74) is 2.28. The number of Topliss-reactive ketones (excluding diaryl/α,β-unsaturated/α-hetero) is 2. The van der Waals surface area contributed by atoms with Crippen LogP contribution in [0.3, 0.4) is 0 Å². The highest BCUT2D eigenvalue weighted by molar-refractivity contribution is 6.24. The van der Waals surface area contributed by atoms with Crippen LogP contribution in [0.4, 0.5) is 4.39 Å². The first-order chi connectivity index (χ1) is 19.8. The number of primary amides is 1. The second-order valence-corrected chi connectivity index (χ2v) is 11.5. The number of likely N-dealkylation sites (N-methyl/N-ethyl adjacent to an activating group) is 1. The van der Waals surface area contributed by atoms with Crippen LogP contribution < -0.4 is 5.73 Å². The number of hydrogen-bond acceptors (Lipinski definition) is 9. The normalized spacial score (nSPS) is 25.5. The van der Waals surface area contributed by atoms with E-state index in [-0.39, 0.29) is 41.6 Å². The third-order valence-corrected chi connectivity index (χ3v) is 8.82. The summed E-state index contributed by atoms with van der Waals surface area (Å²) in [6.07, 6.45) is -0.210. The number of allylic oxidation sites excluding steroid dienone is 1. The summed E-state index contributed by atoms with van der Waals surface area (Å²) in [5, 5.41) is 44.8. The molecule has 0 heterocycles. The van der Waals surface area contributed by atoms with E-state index in [1.54, 1.807) is 14.1 Å². The van der Waals surface area contributed by atoms with E-state index >= 15 is 4.39 Å². The number of nitrogens with two attached hydrogens (primary N) is 1. The molecule has 0 saturated carbocycles. The molecule has 2 aromatic carbocycles. The first kappa shape index (κ1) is 29.4. The number of phenolic OH excluding ortho intramolecular Hbond substituents is 1. The third kappa shape index (κ3) is 4.39. The number of nitrogens with zero attached hydrogens (tertiary/aromatic N) is 2. The molecule has 1 amide bonds. The summed E-state index contributed by atoms with van der Waals surface area (Å²) >= 11 is 0. The molecule has 0 radical (unpaired) electrons. The number of amides is 1. The third-order valence-electron chi connectivity index (χ3n) is 8.82. The van der Waals surface area contributed by atoms with Gasteiger partial charge in [0.05, 0.1) is 11.6 Å². The lowest BCUT2D eigenvalue weighted by molar-refractivity contribution is -0.148. The molecule has 2 aromatic rings. The van der Waals surface area contributed by atoms with Crippen LogP contribution in [0.25, 0.3) is 0 Å². The van der Waals surface area contributed by atoms with Crippen molar-refractivity contribution in [3.63, 3.8) is 0 Å². The van der Waals surface area contributed by atoms with E-state index in [1.165, 1.54) is 11.0 Å². The maximum absolute atomic E-state index is 16.1. The standard InChI is InChI=1S/C31H34FN3O7/c1-4-35(13-15-8-6-5-7-9-15)14-17-12-20(36)22-18(24(17)32)10-16-11-19-25(34(2)3)27(38)23(30(33)41)29(40)31(19,42)28(39)21(16)26(22)37/h5-9,12,16,19,25,36,38-39,42H,4,10-11,13-14H2,1-3H3,(H2,33,41)/t16-,19-,25-,31-/m0/s1. The van der Waals surface area contributed by atoms with Crippen LogP contribution >= 0.6 is 0 Å². The van der Waals surface area contributed by atoms with Crippen molar-refractivity contribution in [3.8, 4) is 5.75 Å². The molecular weight excluding hydrogens is 545 g/mol. The Balaban J connectivity index is 1.57. The van der Waals surface area contributed by atoms with Crippen molar-refractivity contribution in [3.05, 3.63) is 87.1 Å². The van der Waals surface area contributed by atoms with Crippen LogP contribution in [0.5, 0.6) is 5.75 Å². The van der Waals surface area contributed by atoms with Crippen molar-refractivity contribution >= 4 is 17.5 Å². The maximum Gasteiger partial charge on any atom is 0.255 e. The van der Waals surface area contributed by atoms with Crippen LogP contribution in [-0.2, 0) is 29.1 Å². The molecule has 0 spiro atoms. The Bertz CT molecular complexity index is 1550. The number of halogens is 1. The Morgan fingerprint density at radius 2 is 1.79 bits per heavy atom. The molecule has 0 aliphatic heterocycles. The molecule has 4 atom stereocenters. The highest BCUT2D eigenvalue weighted by Crippen LogP contribution is 2.52. The Hall–Kier alpha value is -4.06. The second-order valence-electron chi connectivity index (χ2n) is 11.5. The second kappa shape index (κ2) is 10.6. The van der Waals surface area contributed by atoms with Gasteiger partial charge in [0.2, 0.25) is 5.78 Å². The van der Waals surface area contributed by atoms with Crippen LogP contribution in [0.2, 0.25) is 0 Å². The lowest BCUT2D eigenvalue weighted by atomic mass is 9.58. The molecule has 0 aromatic heterocycles. The minimum atomic E-state index is -2.74. The summed E-state index contributed by atoms with van der Waals surface area (Å²) in [7, 11) is 3.10. The van der Waals surface area contributed by atoms with E-state index in [2.05, 4.69) is 0 Å². The minimum Gasteiger partial charge on any atom is -0.510 e. The van der Waals surface area contributed by atoms with E-state index in [0.717, 1.165) is 5.56 Å². The highest BCUT2D eigenvalue weighted by atomic mass is 19.1. The number of phenols is 1. The molecule has 42 heavy (non-hydrogen) atoms. The van der Waals surface area contributed by atoms with Crippen molar-refractivity contribution in [2.24, 2.45) is 17.6 Å². The van der Waals surface area contributed by atoms with Gasteiger partial charge in [-0.05, 0) is 51.0 Å². The number of aliphatic hydroxyl groups is 3. The van der Waals surface area contributed by atoms with Gasteiger partial charge in [-0.1, -0.05) is 37.3 Å². The molecular formula is C31H34FN3O7. The summed E-state index contributed by atoms with van der Waals surface area (Å²) in [5.74, 6) is -8.31. The molecule has 222 valence electrons. The molecule has 0 fully saturated rings. The zero-order valence-electron chi connectivity index (χ0n) is 23.6. The van der Waals surface area contributed by atoms with E-state index in [9.17, 15) is 34.8 Å². The lowest BCUT2D eigenvalue weighted by Gasteiger charge is -2.50. The molecule has 3 aliphatic rings. The molecule has 0 saturated heterocycles. The first-order valence-electron chi connectivity index (χ1n) is 13.8. The first-order valence-corrected chi connectivity index (χ1v) is 13.8. The summed E-state index contributed by atoms with van der Waals surface area (Å²) in [4.78, 5) is 42.7. The van der Waals surface area contributed by atoms with Gasteiger partial charge in [0.15, 0.2) is 11.4 Å². The predicted molar refractivity (Wildman–Crippen MR) is 150 cm³/mol. The number of hydrogen-bond donors (Lipinski definition) is 5. The van der Waals surface area contributed by atoms with Gasteiger partial charge in [-0.15, -0.1) is 0 Å². The van der Waals surface area contributed by atoms with Gasteiger partial charge >= 0.3 is 0 Å². The summed E-state index contributed by atoms with van der Waals surface area (Å²) < 4.78 is 16.1. The maximum atomic E-state index is 16.1. The average molecular weight is 580 g/mol. The smallest absolute Gasteiger partial charge is 0.255 e. The molecule has 11 heteroatoms. The number of ketones is 2. The van der Waals surface area contributed by atoms with Gasteiger partial charge in [-0.25, -0.2) is 4.39 Å². The number of aromatic hydroxyl groups is 1. The quantitative estimate of drug-likeness (QED) is 0.310. The zero-order valence-corrected chi connectivity index (χ0v) is 23.6. The number of benzene rings is 2. The Kier molecular flexibility index (Phi) is 7.46. The molecule has 5 rings (SSSR count). The molecule has 0 unspecified atom stereocenters. The Morgan fingerprint density at radius 3 is 2.38 bits per heavy atom. The predicted octanol–water partition coefficient (Wildman–Crippen LogP) is 2.28. The molecule has 10 nitrogen and oxygen atoms in total. The Labute approximate surface area is 242 Å². The molecule has 3 aliphatic carbocycles. The van der Waals surface area contributed by atoms with Crippen molar-refractivity contribution in [2.45, 2.75) is 44.5 Å². The number of carbonyl (C=O) groups is 3. The monoisotopic (exact) mass is 579 g/mol. The van der Waals surface area contributed by atoms with Gasteiger partial charge in [-0.3, -0.25) is 24.2 Å². The average Bonchev–Trinajstić information content (AvgIpc) is 2.93. The van der Waals surface area contributed by atoms with E-state index in [1.807, 2.05) is 42.2 Å². The van der Waals surface area contributed by atoms with Crippen molar-refractivity contribution in [2.75, 3.05) is 20.6 Å². The largest absolute Gasteiger partial charge is 0.510 e. The van der Waals surface area contributed by atoms with E-state index < -0.39 is 69.6 Å². The Morgan fingerprint density at radius 1 is 1.12 bits per heavy atom. The van der Waals surface area contributed by atoms with Gasteiger partial charge in [0, 0.05) is 35.7 Å². The number of rotatable bonds is 7. The van der Waals surface area contributed by atoms with Crippen LogP contribution in [0.1, 0.15) is 40.4 Å². The summed E-state index contributed by atoms with van der Waals surface area (Å²) in [6.45, 7) is 3.24. The fourth-order valence-electron chi connectivity index (χ4n) is 6.83. The minimum absolute atomic E-state index is 0.0149. The van der Waals surface area contributed by atoms with E-state index in [0.29, 0.717) is 13.1 Å². The number of fused-ring (bicyclic) bond motifs is 3.